The van der Waals surface area contributed by atoms with Gasteiger partial charge in [0.2, 0.25) is 11.8 Å². The van der Waals surface area contributed by atoms with Crippen molar-refractivity contribution in [3.05, 3.63) is 78.3 Å². The topological polar surface area (TPSA) is 91.7 Å². The molecule has 1 aliphatic heterocycles. The Labute approximate surface area is 167 Å². The molecule has 3 amide bonds. The Hall–Kier alpha value is -3.87. The van der Waals surface area contributed by atoms with E-state index in [1.165, 1.54) is 17.2 Å². The maximum atomic E-state index is 13.1. The van der Waals surface area contributed by atoms with Gasteiger partial charge in [0.05, 0.1) is 24.1 Å². The second-order valence-electron chi connectivity index (χ2n) is 6.79. The van der Waals surface area contributed by atoms with Crippen LogP contribution in [0.4, 0.5) is 17.1 Å². The van der Waals surface area contributed by atoms with E-state index >= 15 is 0 Å². The summed E-state index contributed by atoms with van der Waals surface area (Å²) < 4.78 is 5.24. The first-order valence-electron chi connectivity index (χ1n) is 9.16. The molecule has 0 aliphatic carbocycles. The number of aryl methyl sites for hydroxylation is 1. The molecule has 2 N–H and O–H groups in total. The number of benzene rings is 2. The zero-order valence-electron chi connectivity index (χ0n) is 15.7. The monoisotopic (exact) mass is 389 g/mol. The van der Waals surface area contributed by atoms with Crippen LogP contribution in [0.1, 0.15) is 22.5 Å². The molecule has 0 unspecified atom stereocenters. The largest absolute Gasteiger partial charge is 0.459 e. The van der Waals surface area contributed by atoms with E-state index in [0.717, 1.165) is 5.56 Å². The Bertz CT molecular complexity index is 1060. The van der Waals surface area contributed by atoms with Crippen molar-refractivity contribution in [2.24, 2.45) is 0 Å². The van der Waals surface area contributed by atoms with Crippen LogP contribution in [0.3, 0.4) is 0 Å². The zero-order valence-corrected chi connectivity index (χ0v) is 15.7. The van der Waals surface area contributed by atoms with E-state index in [9.17, 15) is 14.4 Å². The van der Waals surface area contributed by atoms with E-state index in [1.807, 2.05) is 19.1 Å². The third kappa shape index (κ3) is 3.75. The molecule has 0 bridgehead atoms. The number of nitrogens with zero attached hydrogens (tertiary/aromatic N) is 1. The van der Waals surface area contributed by atoms with E-state index in [4.69, 9.17) is 4.42 Å². The molecular formula is C22H19N3O4. The Morgan fingerprint density at radius 3 is 2.55 bits per heavy atom. The van der Waals surface area contributed by atoms with Crippen molar-refractivity contribution in [2.75, 3.05) is 15.5 Å². The van der Waals surface area contributed by atoms with Crippen LogP contribution in [0, 0.1) is 6.92 Å². The molecule has 1 atom stereocenters. The number of carbonyl (C=O) groups is 3. The summed E-state index contributed by atoms with van der Waals surface area (Å²) in [5.41, 5.74) is 2.72. The zero-order chi connectivity index (χ0) is 20.4. The van der Waals surface area contributed by atoms with Crippen LogP contribution in [0.25, 0.3) is 0 Å². The van der Waals surface area contributed by atoms with Crippen molar-refractivity contribution < 1.29 is 18.8 Å². The Kier molecular flexibility index (Phi) is 4.87. The van der Waals surface area contributed by atoms with E-state index < -0.39 is 17.9 Å². The minimum Gasteiger partial charge on any atom is -0.459 e. The lowest BCUT2D eigenvalue weighted by molar-refractivity contribution is -0.122. The predicted octanol–water partition coefficient (Wildman–Crippen LogP) is 3.58. The quantitative estimate of drug-likeness (QED) is 0.713. The Morgan fingerprint density at radius 1 is 1.07 bits per heavy atom. The van der Waals surface area contributed by atoms with Crippen molar-refractivity contribution in [2.45, 2.75) is 19.4 Å². The second kappa shape index (κ2) is 7.63. The van der Waals surface area contributed by atoms with Crippen LogP contribution < -0.4 is 15.5 Å². The minimum absolute atomic E-state index is 0.0958. The van der Waals surface area contributed by atoms with Gasteiger partial charge in [-0.1, -0.05) is 29.8 Å². The first kappa shape index (κ1) is 18.5. The summed E-state index contributed by atoms with van der Waals surface area (Å²) in [6, 6.07) is 16.4. The molecule has 0 saturated heterocycles. The lowest BCUT2D eigenvalue weighted by atomic mass is 10.0. The number of furan rings is 1. The van der Waals surface area contributed by atoms with Gasteiger partial charge in [0, 0.05) is 5.69 Å². The van der Waals surface area contributed by atoms with Crippen molar-refractivity contribution in [3.8, 4) is 0 Å². The predicted molar refractivity (Wildman–Crippen MR) is 109 cm³/mol. The number of nitrogens with one attached hydrogen (secondary N) is 2. The molecule has 7 nitrogen and oxygen atoms in total. The summed E-state index contributed by atoms with van der Waals surface area (Å²) in [5.74, 6) is -1.18. The average Bonchev–Trinajstić information content (AvgIpc) is 3.25. The molecule has 2 aromatic carbocycles. The van der Waals surface area contributed by atoms with Crippen LogP contribution in [0.2, 0.25) is 0 Å². The number of amides is 3. The van der Waals surface area contributed by atoms with E-state index in [0.29, 0.717) is 17.1 Å². The molecule has 1 aromatic heterocycles. The van der Waals surface area contributed by atoms with Crippen molar-refractivity contribution in [1.29, 1.82) is 0 Å². The van der Waals surface area contributed by atoms with Gasteiger partial charge < -0.3 is 15.1 Å². The van der Waals surface area contributed by atoms with Crippen LogP contribution in [0.15, 0.2) is 71.3 Å². The van der Waals surface area contributed by atoms with Crippen LogP contribution in [-0.2, 0) is 9.59 Å². The molecule has 0 radical (unpaired) electrons. The molecule has 2 heterocycles. The molecular weight excluding hydrogens is 370 g/mol. The number of rotatable bonds is 4. The summed E-state index contributed by atoms with van der Waals surface area (Å²) >= 11 is 0. The van der Waals surface area contributed by atoms with Gasteiger partial charge in [-0.3, -0.25) is 19.3 Å². The molecule has 0 saturated carbocycles. The highest BCUT2D eigenvalue weighted by Gasteiger charge is 2.39. The fraction of sp³-hybridized carbons (Fsp3) is 0.136. The molecule has 7 heteroatoms. The maximum Gasteiger partial charge on any atom is 0.294 e. The number of para-hydroxylation sites is 2. The molecule has 0 fully saturated rings. The fourth-order valence-corrected chi connectivity index (χ4v) is 3.27. The second-order valence-corrected chi connectivity index (χ2v) is 6.79. The summed E-state index contributed by atoms with van der Waals surface area (Å²) in [6.07, 6.45) is 1.20. The highest BCUT2D eigenvalue weighted by molar-refractivity contribution is 6.17. The minimum atomic E-state index is -1.01. The van der Waals surface area contributed by atoms with Gasteiger partial charge in [-0.2, -0.15) is 0 Å². The van der Waals surface area contributed by atoms with Gasteiger partial charge in [-0.05, 0) is 43.3 Å². The normalized spacial score (nSPS) is 15.4. The summed E-state index contributed by atoms with van der Waals surface area (Å²) in [5, 5.41) is 5.55. The lowest BCUT2D eigenvalue weighted by Gasteiger charge is -2.35. The number of anilines is 3. The van der Waals surface area contributed by atoms with Gasteiger partial charge >= 0.3 is 0 Å². The molecule has 3 aromatic rings. The number of carbonyl (C=O) groups excluding carboxylic acids is 3. The van der Waals surface area contributed by atoms with Gasteiger partial charge in [0.25, 0.3) is 5.91 Å². The van der Waals surface area contributed by atoms with Crippen LogP contribution in [-0.4, -0.2) is 23.8 Å². The third-order valence-corrected chi connectivity index (χ3v) is 4.70. The molecule has 146 valence electrons. The number of hydrogen-bond acceptors (Lipinski definition) is 4. The Balaban J connectivity index is 1.62. The Morgan fingerprint density at radius 2 is 1.83 bits per heavy atom. The average molecular weight is 389 g/mol. The van der Waals surface area contributed by atoms with E-state index in [2.05, 4.69) is 10.6 Å². The van der Waals surface area contributed by atoms with Crippen LogP contribution >= 0.6 is 0 Å². The molecule has 0 spiro atoms. The smallest absolute Gasteiger partial charge is 0.294 e. The van der Waals surface area contributed by atoms with Crippen LogP contribution in [0.5, 0.6) is 0 Å². The number of fused-ring (bicyclic) bond motifs is 1. The van der Waals surface area contributed by atoms with Gasteiger partial charge in [-0.25, -0.2) is 0 Å². The lowest BCUT2D eigenvalue weighted by Crippen LogP contribution is -2.52. The summed E-state index contributed by atoms with van der Waals surface area (Å²) in [6.45, 7) is 1.95. The first-order valence-corrected chi connectivity index (χ1v) is 9.16. The first-order chi connectivity index (χ1) is 14.0. The summed E-state index contributed by atoms with van der Waals surface area (Å²) in [7, 11) is 0. The summed E-state index contributed by atoms with van der Waals surface area (Å²) in [4.78, 5) is 39.8. The fourth-order valence-electron chi connectivity index (χ4n) is 3.27. The van der Waals surface area contributed by atoms with E-state index in [1.54, 1.807) is 42.5 Å². The number of hydrogen-bond donors (Lipinski definition) is 2. The van der Waals surface area contributed by atoms with E-state index in [-0.39, 0.29) is 18.1 Å². The third-order valence-electron chi connectivity index (χ3n) is 4.70. The van der Waals surface area contributed by atoms with Gasteiger partial charge in [0.1, 0.15) is 6.04 Å². The maximum absolute atomic E-state index is 13.1. The van der Waals surface area contributed by atoms with Gasteiger partial charge in [-0.15, -0.1) is 0 Å². The molecule has 4 rings (SSSR count). The highest BCUT2D eigenvalue weighted by Crippen LogP contribution is 2.34. The molecule has 29 heavy (non-hydrogen) atoms. The van der Waals surface area contributed by atoms with Crippen molar-refractivity contribution >= 4 is 34.8 Å². The SMILES string of the molecule is Cc1ccc(NC(=O)C[C@@H]2C(=O)Nc3ccccc3N2C(=O)c2ccco2)cc1. The molecule has 1 aliphatic rings. The highest BCUT2D eigenvalue weighted by atomic mass is 16.3. The van der Waals surface area contributed by atoms with Crippen molar-refractivity contribution in [1.82, 2.24) is 0 Å². The van der Waals surface area contributed by atoms with Gasteiger partial charge in [0.15, 0.2) is 5.76 Å². The standard InChI is InChI=1S/C22H19N3O4/c1-14-8-10-15(11-9-14)23-20(26)13-18-21(27)24-16-5-2-3-6-17(16)25(18)22(28)19-7-4-12-29-19/h2-12,18H,13H2,1H3,(H,23,26)(H,24,27)/t18-/m1/s1. The van der Waals surface area contributed by atoms with Crippen molar-refractivity contribution in [3.63, 3.8) is 0 Å².